The molecule has 6 rings (SSSR count). The van der Waals surface area contributed by atoms with Crippen LogP contribution < -0.4 is 16.4 Å². The summed E-state index contributed by atoms with van der Waals surface area (Å²) < 4.78 is 1.73. The van der Waals surface area contributed by atoms with Gasteiger partial charge in [-0.3, -0.25) is 14.2 Å². The highest BCUT2D eigenvalue weighted by atomic mass is 16.1. The molecule has 1 saturated heterocycles. The van der Waals surface area contributed by atoms with E-state index >= 15 is 0 Å². The summed E-state index contributed by atoms with van der Waals surface area (Å²) in [5.41, 5.74) is 11.2. The minimum absolute atomic E-state index is 0.253. The molecule has 1 atom stereocenters. The molecule has 8 heteroatoms. The zero-order valence-electron chi connectivity index (χ0n) is 19.1. The number of hydrogen-bond acceptors (Lipinski definition) is 6. The van der Waals surface area contributed by atoms with Gasteiger partial charge in [-0.25, -0.2) is 9.97 Å². The number of para-hydroxylation sites is 1. The predicted molar refractivity (Wildman–Crippen MR) is 137 cm³/mol. The molecular formula is C27H25N7O. The van der Waals surface area contributed by atoms with Crippen molar-refractivity contribution in [2.24, 2.45) is 5.73 Å². The number of primary amides is 1. The molecular weight excluding hydrogens is 438 g/mol. The van der Waals surface area contributed by atoms with Gasteiger partial charge >= 0.3 is 0 Å². The van der Waals surface area contributed by atoms with E-state index in [0.717, 1.165) is 59.2 Å². The zero-order chi connectivity index (χ0) is 23.8. The number of fused-ring (bicyclic) bond motifs is 2. The van der Waals surface area contributed by atoms with Gasteiger partial charge < -0.3 is 16.4 Å². The molecule has 0 aliphatic carbocycles. The normalized spacial score (nSPS) is 15.9. The summed E-state index contributed by atoms with van der Waals surface area (Å²) in [5, 5.41) is 7.98. The van der Waals surface area contributed by atoms with Crippen LogP contribution in [0.1, 0.15) is 23.3 Å². The van der Waals surface area contributed by atoms with Gasteiger partial charge in [0.2, 0.25) is 0 Å². The van der Waals surface area contributed by atoms with Crippen LogP contribution in [0, 0.1) is 0 Å². The van der Waals surface area contributed by atoms with Crippen molar-refractivity contribution < 1.29 is 4.79 Å². The average Bonchev–Trinajstić information content (AvgIpc) is 3.35. The van der Waals surface area contributed by atoms with E-state index in [1.807, 2.05) is 42.7 Å². The summed E-state index contributed by atoms with van der Waals surface area (Å²) in [5.74, 6) is 0.0955. The summed E-state index contributed by atoms with van der Waals surface area (Å²) in [7, 11) is 0. The van der Waals surface area contributed by atoms with Crippen molar-refractivity contribution in [2.45, 2.75) is 18.9 Å². The average molecular weight is 464 g/mol. The minimum atomic E-state index is -0.548. The van der Waals surface area contributed by atoms with Gasteiger partial charge in [-0.05, 0) is 43.1 Å². The van der Waals surface area contributed by atoms with Gasteiger partial charge in [0.05, 0.1) is 17.4 Å². The first kappa shape index (κ1) is 21.2. The summed E-state index contributed by atoms with van der Waals surface area (Å²) in [4.78, 5) is 26.1. The zero-order valence-corrected chi connectivity index (χ0v) is 19.1. The molecule has 8 nitrogen and oxygen atoms in total. The van der Waals surface area contributed by atoms with Crippen LogP contribution >= 0.6 is 0 Å². The largest absolute Gasteiger partial charge is 0.364 e. The Kier molecular flexibility index (Phi) is 5.35. The van der Waals surface area contributed by atoms with Crippen molar-refractivity contribution in [1.82, 2.24) is 24.7 Å². The highest BCUT2D eigenvalue weighted by Gasteiger charge is 2.19. The van der Waals surface area contributed by atoms with Gasteiger partial charge in [-0.15, -0.1) is 0 Å². The molecule has 0 bridgehead atoms. The van der Waals surface area contributed by atoms with Gasteiger partial charge in [-0.1, -0.05) is 36.4 Å². The maximum absolute atomic E-state index is 12.1. The molecule has 0 radical (unpaired) electrons. The molecule has 1 aliphatic rings. The number of imidazole rings is 1. The van der Waals surface area contributed by atoms with Crippen LogP contribution in [0.5, 0.6) is 0 Å². The number of carbonyl (C=O) groups excluding carboxylic acids is 1. The van der Waals surface area contributed by atoms with Crippen LogP contribution in [0.3, 0.4) is 0 Å². The number of carbonyl (C=O) groups is 1. The fraction of sp³-hybridized carbons (Fsp3) is 0.185. The second kappa shape index (κ2) is 8.81. The number of anilines is 1. The van der Waals surface area contributed by atoms with Gasteiger partial charge in [0, 0.05) is 41.5 Å². The van der Waals surface area contributed by atoms with E-state index in [1.54, 1.807) is 4.40 Å². The number of nitrogens with one attached hydrogen (secondary N) is 2. The van der Waals surface area contributed by atoms with Crippen molar-refractivity contribution in [1.29, 1.82) is 0 Å². The van der Waals surface area contributed by atoms with E-state index < -0.39 is 5.91 Å². The molecule has 1 unspecified atom stereocenters. The molecule has 0 spiro atoms. The third-order valence-electron chi connectivity index (χ3n) is 6.47. The number of benzene rings is 2. The summed E-state index contributed by atoms with van der Waals surface area (Å²) in [6, 6.07) is 18.6. The van der Waals surface area contributed by atoms with Crippen molar-refractivity contribution in [3.8, 4) is 22.4 Å². The SMILES string of the molecule is NC(=O)c1cnc(NC2CCCNC2)c2nc(-c3cccc(-c4cnc5ccccc5c4)c3)cn12. The second-order valence-corrected chi connectivity index (χ2v) is 8.86. The number of amides is 1. The van der Waals surface area contributed by atoms with Crippen molar-refractivity contribution >= 4 is 28.3 Å². The minimum Gasteiger partial charge on any atom is -0.364 e. The third kappa shape index (κ3) is 4.08. The molecule has 35 heavy (non-hydrogen) atoms. The summed E-state index contributed by atoms with van der Waals surface area (Å²) in [6.45, 7) is 1.89. The molecule has 5 aromatic rings. The molecule has 1 amide bonds. The number of pyridine rings is 1. The standard InChI is InChI=1S/C27H25N7O/c28-25(35)24-15-31-26(32-21-8-4-10-29-14-21)27-33-23(16-34(24)27)19-7-3-6-17(11-19)20-12-18-5-1-2-9-22(18)30-13-20/h1-3,5-7,9,11-13,15-16,21,29H,4,8,10,14H2,(H2,28,35)(H,31,32). The number of nitrogens with zero attached hydrogens (tertiary/aromatic N) is 4. The molecule has 4 N–H and O–H groups in total. The molecule has 3 aromatic heterocycles. The van der Waals surface area contributed by atoms with Gasteiger partial charge in [0.1, 0.15) is 5.69 Å². The lowest BCUT2D eigenvalue weighted by molar-refractivity contribution is 0.0994. The maximum Gasteiger partial charge on any atom is 0.267 e. The lowest BCUT2D eigenvalue weighted by Crippen LogP contribution is -2.38. The highest BCUT2D eigenvalue weighted by molar-refractivity contribution is 5.92. The predicted octanol–water partition coefficient (Wildman–Crippen LogP) is 3.87. The van der Waals surface area contributed by atoms with Crippen LogP contribution in [0.2, 0.25) is 0 Å². The number of nitrogens with two attached hydrogens (primary N) is 1. The van der Waals surface area contributed by atoms with E-state index in [4.69, 9.17) is 10.7 Å². The number of rotatable bonds is 5. The Hall–Kier alpha value is -4.30. The lowest BCUT2D eigenvalue weighted by atomic mass is 10.0. The summed E-state index contributed by atoms with van der Waals surface area (Å²) >= 11 is 0. The van der Waals surface area contributed by atoms with Crippen LogP contribution in [0.4, 0.5) is 5.82 Å². The van der Waals surface area contributed by atoms with Crippen LogP contribution in [0.15, 0.2) is 73.2 Å². The Balaban J connectivity index is 1.41. The fourth-order valence-corrected chi connectivity index (χ4v) is 4.66. The van der Waals surface area contributed by atoms with Crippen LogP contribution in [-0.2, 0) is 0 Å². The molecule has 1 aliphatic heterocycles. The molecule has 1 fully saturated rings. The molecule has 4 heterocycles. The first-order chi connectivity index (χ1) is 17.2. The van der Waals surface area contributed by atoms with E-state index in [1.165, 1.54) is 6.20 Å². The number of aromatic nitrogens is 4. The molecule has 0 saturated carbocycles. The fourth-order valence-electron chi connectivity index (χ4n) is 4.66. The van der Waals surface area contributed by atoms with E-state index in [0.29, 0.717) is 17.2 Å². The number of piperidine rings is 1. The number of hydrogen-bond donors (Lipinski definition) is 3. The van der Waals surface area contributed by atoms with Crippen LogP contribution in [0.25, 0.3) is 38.9 Å². The van der Waals surface area contributed by atoms with E-state index in [9.17, 15) is 4.79 Å². The van der Waals surface area contributed by atoms with E-state index in [-0.39, 0.29) is 6.04 Å². The van der Waals surface area contributed by atoms with Gasteiger partial charge in [0.15, 0.2) is 11.5 Å². The topological polar surface area (TPSA) is 110 Å². The van der Waals surface area contributed by atoms with Gasteiger partial charge in [-0.2, -0.15) is 0 Å². The highest BCUT2D eigenvalue weighted by Crippen LogP contribution is 2.29. The second-order valence-electron chi connectivity index (χ2n) is 8.86. The Bertz CT molecular complexity index is 1550. The third-order valence-corrected chi connectivity index (χ3v) is 6.47. The maximum atomic E-state index is 12.1. The van der Waals surface area contributed by atoms with Crippen molar-refractivity contribution in [2.75, 3.05) is 18.4 Å². The Labute approximate surface area is 202 Å². The summed E-state index contributed by atoms with van der Waals surface area (Å²) in [6.07, 6.45) is 7.40. The Morgan fingerprint density at radius 1 is 1.03 bits per heavy atom. The Morgan fingerprint density at radius 3 is 2.77 bits per heavy atom. The first-order valence-corrected chi connectivity index (χ1v) is 11.8. The monoisotopic (exact) mass is 463 g/mol. The van der Waals surface area contributed by atoms with E-state index in [2.05, 4.69) is 44.9 Å². The quantitative estimate of drug-likeness (QED) is 0.365. The van der Waals surface area contributed by atoms with Crippen LogP contribution in [-0.4, -0.2) is 44.4 Å². The smallest absolute Gasteiger partial charge is 0.267 e. The molecule has 174 valence electrons. The van der Waals surface area contributed by atoms with Crippen molar-refractivity contribution in [3.63, 3.8) is 0 Å². The Morgan fingerprint density at radius 2 is 1.91 bits per heavy atom. The van der Waals surface area contributed by atoms with Gasteiger partial charge in [0.25, 0.3) is 5.91 Å². The molecule has 2 aromatic carbocycles. The van der Waals surface area contributed by atoms with Crippen molar-refractivity contribution in [3.05, 3.63) is 78.9 Å². The lowest BCUT2D eigenvalue weighted by Gasteiger charge is -2.24. The first-order valence-electron chi connectivity index (χ1n) is 11.8.